The number of fused-ring (bicyclic) bond motifs is 8. The van der Waals surface area contributed by atoms with Crippen molar-refractivity contribution in [3.63, 3.8) is 0 Å². The Morgan fingerprint density at radius 2 is 2.00 bits per heavy atom. The topological polar surface area (TPSA) is 58.3 Å². The van der Waals surface area contributed by atoms with E-state index in [0.717, 1.165) is 46.5 Å². The number of anilines is 1. The zero-order chi connectivity index (χ0) is 19.3. The SMILES string of the molecule is CCCSC1=NNC2c3c(sc4c3CC[C@@H](C)C4)-n3c(SCCC)nnc3N12. The maximum Gasteiger partial charge on any atom is 0.241 e. The molecule has 6 nitrogen and oxygen atoms in total. The molecule has 2 aliphatic heterocycles. The van der Waals surface area contributed by atoms with Gasteiger partial charge in [-0.25, -0.2) is 4.57 Å². The molecule has 0 radical (unpaired) electrons. The Labute approximate surface area is 178 Å². The molecule has 0 saturated carbocycles. The van der Waals surface area contributed by atoms with Crippen LogP contribution >= 0.6 is 34.9 Å². The summed E-state index contributed by atoms with van der Waals surface area (Å²) < 4.78 is 2.30. The molecule has 4 heterocycles. The van der Waals surface area contributed by atoms with Crippen molar-refractivity contribution in [2.24, 2.45) is 11.0 Å². The van der Waals surface area contributed by atoms with E-state index in [4.69, 9.17) is 5.10 Å². The van der Waals surface area contributed by atoms with Gasteiger partial charge in [0.15, 0.2) is 16.5 Å². The van der Waals surface area contributed by atoms with Crippen LogP contribution in [-0.2, 0) is 12.8 Å². The van der Waals surface area contributed by atoms with Crippen LogP contribution in [0, 0.1) is 5.92 Å². The summed E-state index contributed by atoms with van der Waals surface area (Å²) in [6.07, 6.45) is 5.94. The monoisotopic (exact) mass is 434 g/mol. The number of amidine groups is 1. The third-order valence-electron chi connectivity index (χ3n) is 5.46. The van der Waals surface area contributed by atoms with Crippen molar-refractivity contribution in [1.82, 2.24) is 20.2 Å². The zero-order valence-corrected chi connectivity index (χ0v) is 19.0. The van der Waals surface area contributed by atoms with E-state index in [1.807, 2.05) is 23.1 Å². The first-order valence-electron chi connectivity index (χ1n) is 10.2. The van der Waals surface area contributed by atoms with Crippen molar-refractivity contribution in [3.8, 4) is 5.00 Å². The summed E-state index contributed by atoms with van der Waals surface area (Å²) in [7, 11) is 0. The van der Waals surface area contributed by atoms with E-state index < -0.39 is 0 Å². The smallest absolute Gasteiger partial charge is 0.241 e. The molecule has 9 heteroatoms. The van der Waals surface area contributed by atoms with E-state index >= 15 is 0 Å². The molecule has 0 amide bonds. The highest BCUT2D eigenvalue weighted by atomic mass is 32.2. The van der Waals surface area contributed by atoms with E-state index in [1.54, 1.807) is 22.2 Å². The minimum Gasteiger partial charge on any atom is -0.280 e. The summed E-state index contributed by atoms with van der Waals surface area (Å²) in [5.41, 5.74) is 6.38. The maximum absolute atomic E-state index is 4.70. The number of nitrogens with one attached hydrogen (secondary N) is 1. The molecule has 2 aromatic heterocycles. The molecule has 1 aliphatic carbocycles. The quantitative estimate of drug-likeness (QED) is 0.683. The summed E-state index contributed by atoms with van der Waals surface area (Å²) >= 11 is 5.56. The van der Waals surface area contributed by atoms with Gasteiger partial charge >= 0.3 is 0 Å². The number of thioether (sulfide) groups is 2. The molecule has 2 aromatic rings. The van der Waals surface area contributed by atoms with Crippen LogP contribution in [0.4, 0.5) is 5.95 Å². The molecular weight excluding hydrogens is 408 g/mol. The van der Waals surface area contributed by atoms with Gasteiger partial charge in [-0.3, -0.25) is 10.3 Å². The van der Waals surface area contributed by atoms with Crippen LogP contribution in [0.1, 0.15) is 62.2 Å². The van der Waals surface area contributed by atoms with Gasteiger partial charge in [-0.05, 0) is 43.6 Å². The van der Waals surface area contributed by atoms with E-state index in [0.29, 0.717) is 0 Å². The fraction of sp³-hybridized carbons (Fsp3) is 0.632. The van der Waals surface area contributed by atoms with Crippen molar-refractivity contribution in [2.75, 3.05) is 16.4 Å². The molecule has 0 saturated heterocycles. The molecule has 0 spiro atoms. The van der Waals surface area contributed by atoms with E-state index in [2.05, 4.69) is 45.9 Å². The van der Waals surface area contributed by atoms with Crippen LogP contribution in [0.3, 0.4) is 0 Å². The van der Waals surface area contributed by atoms with Crippen LogP contribution in [0.15, 0.2) is 10.3 Å². The number of aromatic nitrogens is 3. The molecule has 1 unspecified atom stereocenters. The second-order valence-electron chi connectivity index (χ2n) is 7.68. The maximum atomic E-state index is 4.70. The van der Waals surface area contributed by atoms with Crippen molar-refractivity contribution in [2.45, 2.75) is 64.2 Å². The lowest BCUT2D eigenvalue weighted by molar-refractivity contribution is 0.498. The van der Waals surface area contributed by atoms with Gasteiger partial charge in [0.05, 0.1) is 0 Å². The average molecular weight is 435 g/mol. The molecule has 0 fully saturated rings. The van der Waals surface area contributed by atoms with Gasteiger partial charge in [-0.15, -0.1) is 21.5 Å². The fourth-order valence-electron chi connectivity index (χ4n) is 4.12. The molecule has 150 valence electrons. The standard InChI is InChI=1S/C19H26N6S3/c1-4-8-26-18-22-20-15-14-12-7-6-11(3)10-13(12)28-16(14)25-17(24(15)18)21-23-19(25)27-9-5-2/h11,15,20H,4-10H2,1-3H3/t11-,15?/m1/s1. The van der Waals surface area contributed by atoms with E-state index in [9.17, 15) is 0 Å². The molecule has 0 aromatic carbocycles. The predicted octanol–water partition coefficient (Wildman–Crippen LogP) is 4.79. The lowest BCUT2D eigenvalue weighted by atomic mass is 9.87. The summed E-state index contributed by atoms with van der Waals surface area (Å²) in [4.78, 5) is 3.82. The number of thiophene rings is 1. The third-order valence-corrected chi connectivity index (χ3v) is 9.01. The molecule has 1 N–H and O–H groups in total. The van der Waals surface area contributed by atoms with Gasteiger partial charge < -0.3 is 0 Å². The van der Waals surface area contributed by atoms with Gasteiger partial charge in [0.2, 0.25) is 5.95 Å². The number of nitrogens with zero attached hydrogens (tertiary/aromatic N) is 5. The highest BCUT2D eigenvalue weighted by Gasteiger charge is 2.44. The van der Waals surface area contributed by atoms with Crippen molar-refractivity contribution >= 4 is 46.0 Å². The molecular formula is C19H26N6S3. The minimum absolute atomic E-state index is 0.0588. The summed E-state index contributed by atoms with van der Waals surface area (Å²) in [6, 6.07) is 0. The highest BCUT2D eigenvalue weighted by molar-refractivity contribution is 8.14. The summed E-state index contributed by atoms with van der Waals surface area (Å²) in [6.45, 7) is 6.79. The third kappa shape index (κ3) is 2.89. The molecule has 2 atom stereocenters. The first kappa shape index (κ1) is 18.8. The summed E-state index contributed by atoms with van der Waals surface area (Å²) in [5.74, 6) is 3.79. The van der Waals surface area contributed by atoms with Crippen LogP contribution in [-0.4, -0.2) is 31.4 Å². The minimum atomic E-state index is 0.0588. The largest absolute Gasteiger partial charge is 0.280 e. The van der Waals surface area contributed by atoms with Gasteiger partial charge in [0.1, 0.15) is 5.00 Å². The van der Waals surface area contributed by atoms with Crippen LogP contribution in [0.2, 0.25) is 0 Å². The fourth-order valence-corrected chi connectivity index (χ4v) is 7.34. The number of hydrazone groups is 1. The summed E-state index contributed by atoms with van der Waals surface area (Å²) in [5, 5.41) is 17.2. The zero-order valence-electron chi connectivity index (χ0n) is 16.6. The highest BCUT2D eigenvalue weighted by Crippen LogP contribution is 2.49. The van der Waals surface area contributed by atoms with Crippen molar-refractivity contribution < 1.29 is 0 Å². The van der Waals surface area contributed by atoms with Crippen molar-refractivity contribution in [3.05, 3.63) is 16.0 Å². The molecule has 5 rings (SSSR count). The Balaban J connectivity index is 1.64. The Morgan fingerprint density at radius 1 is 1.18 bits per heavy atom. The number of hydrogen-bond acceptors (Lipinski definition) is 8. The van der Waals surface area contributed by atoms with E-state index in [-0.39, 0.29) is 6.17 Å². The second kappa shape index (κ2) is 7.57. The lowest BCUT2D eigenvalue weighted by Crippen LogP contribution is -2.38. The Hall–Kier alpha value is -1.19. The van der Waals surface area contributed by atoms with Gasteiger partial charge in [-0.1, -0.05) is 44.3 Å². The number of rotatable bonds is 5. The van der Waals surface area contributed by atoms with Gasteiger partial charge in [0, 0.05) is 21.9 Å². The second-order valence-corrected chi connectivity index (χ2v) is 10.9. The Kier molecular flexibility index (Phi) is 5.09. The van der Waals surface area contributed by atoms with E-state index in [1.165, 1.54) is 29.8 Å². The van der Waals surface area contributed by atoms with Crippen LogP contribution in [0.25, 0.3) is 5.00 Å². The molecule has 3 aliphatic rings. The predicted molar refractivity (Wildman–Crippen MR) is 120 cm³/mol. The first-order valence-corrected chi connectivity index (χ1v) is 13.0. The van der Waals surface area contributed by atoms with Gasteiger partial charge in [0.25, 0.3) is 0 Å². The average Bonchev–Trinajstić information content (AvgIpc) is 3.38. The molecule has 0 bridgehead atoms. The Morgan fingerprint density at radius 3 is 2.82 bits per heavy atom. The van der Waals surface area contributed by atoms with Crippen LogP contribution < -0.4 is 10.3 Å². The number of hydrogen-bond donors (Lipinski definition) is 1. The van der Waals surface area contributed by atoms with Crippen molar-refractivity contribution in [1.29, 1.82) is 0 Å². The molecule has 28 heavy (non-hydrogen) atoms. The van der Waals surface area contributed by atoms with Crippen LogP contribution in [0.5, 0.6) is 0 Å². The van der Waals surface area contributed by atoms with Gasteiger partial charge in [-0.2, -0.15) is 5.10 Å². The first-order chi connectivity index (χ1) is 13.7. The lowest BCUT2D eigenvalue weighted by Gasteiger charge is -2.32. The Bertz CT molecular complexity index is 917. The normalized spacial score (nSPS) is 22.2.